The second-order valence-electron chi connectivity index (χ2n) is 5.01. The summed E-state index contributed by atoms with van der Waals surface area (Å²) < 4.78 is 10.8. The van der Waals surface area contributed by atoms with E-state index in [0.29, 0.717) is 5.75 Å². The molecule has 0 radical (unpaired) electrons. The van der Waals surface area contributed by atoms with Gasteiger partial charge in [-0.05, 0) is 20.9 Å². The van der Waals surface area contributed by atoms with E-state index in [1.165, 1.54) is 13.8 Å². The molecule has 0 saturated carbocycles. The van der Waals surface area contributed by atoms with Crippen molar-refractivity contribution in [1.29, 1.82) is 0 Å². The maximum absolute atomic E-state index is 11.9. The van der Waals surface area contributed by atoms with Crippen molar-refractivity contribution in [3.63, 3.8) is 0 Å². The predicted molar refractivity (Wildman–Crippen MR) is 68.7 cm³/mol. The van der Waals surface area contributed by atoms with Gasteiger partial charge in [-0.1, -0.05) is 0 Å². The molecule has 17 heavy (non-hydrogen) atoms. The standard InChI is InChI=1S/C11H22N2O3S/c1-11(2,10(14)15)17(16)9-8-13-6-4-12(3)5-7-13/h4-9H2,1-3H3,(H,14,15). The molecule has 1 heterocycles. The van der Waals surface area contributed by atoms with Crippen LogP contribution in [0.5, 0.6) is 0 Å². The average molecular weight is 262 g/mol. The van der Waals surface area contributed by atoms with Crippen LogP contribution < -0.4 is 0 Å². The first kappa shape index (κ1) is 14.6. The Kier molecular flexibility index (Phi) is 5.09. The van der Waals surface area contributed by atoms with E-state index in [4.69, 9.17) is 5.11 Å². The fourth-order valence-corrected chi connectivity index (χ4v) is 2.77. The molecule has 0 bridgehead atoms. The first-order valence-corrected chi connectivity index (χ1v) is 7.18. The first-order valence-electron chi connectivity index (χ1n) is 5.87. The Balaban J connectivity index is 2.36. The lowest BCUT2D eigenvalue weighted by atomic mass is 10.2. The van der Waals surface area contributed by atoms with E-state index >= 15 is 0 Å². The number of aliphatic carboxylic acids is 1. The van der Waals surface area contributed by atoms with Crippen molar-refractivity contribution in [2.24, 2.45) is 0 Å². The van der Waals surface area contributed by atoms with Crippen LogP contribution in [-0.4, -0.2) is 75.4 Å². The van der Waals surface area contributed by atoms with Crippen molar-refractivity contribution in [3.8, 4) is 0 Å². The van der Waals surface area contributed by atoms with Gasteiger partial charge in [0.25, 0.3) is 0 Å². The van der Waals surface area contributed by atoms with Gasteiger partial charge in [0.05, 0.1) is 0 Å². The molecule has 1 unspecified atom stereocenters. The summed E-state index contributed by atoms with van der Waals surface area (Å²) in [6.07, 6.45) is 0. The summed E-state index contributed by atoms with van der Waals surface area (Å²) in [6.45, 7) is 7.76. The van der Waals surface area contributed by atoms with E-state index in [2.05, 4.69) is 16.8 Å². The van der Waals surface area contributed by atoms with Crippen LogP contribution >= 0.6 is 0 Å². The van der Waals surface area contributed by atoms with Crippen LogP contribution in [-0.2, 0) is 15.6 Å². The molecule has 0 aromatic rings. The summed E-state index contributed by atoms with van der Waals surface area (Å²) in [5.74, 6) is -0.558. The molecule has 1 fully saturated rings. The number of carboxylic acid groups (broad SMARTS) is 1. The molecule has 1 N–H and O–H groups in total. The lowest BCUT2D eigenvalue weighted by Crippen LogP contribution is -2.47. The summed E-state index contributed by atoms with van der Waals surface area (Å²) in [5, 5.41) is 8.97. The third kappa shape index (κ3) is 4.04. The van der Waals surface area contributed by atoms with E-state index in [1.54, 1.807) is 0 Å². The van der Waals surface area contributed by atoms with Gasteiger partial charge >= 0.3 is 5.97 Å². The average Bonchev–Trinajstić information content (AvgIpc) is 2.27. The van der Waals surface area contributed by atoms with Crippen LogP contribution in [0.4, 0.5) is 0 Å². The lowest BCUT2D eigenvalue weighted by Gasteiger charge is -2.32. The summed E-state index contributed by atoms with van der Waals surface area (Å²) in [7, 11) is 0.761. The third-order valence-corrected chi connectivity index (χ3v) is 5.14. The number of likely N-dealkylation sites (N-methyl/N-ethyl adjacent to an activating group) is 1. The van der Waals surface area contributed by atoms with E-state index in [-0.39, 0.29) is 0 Å². The van der Waals surface area contributed by atoms with E-state index in [1.807, 2.05) is 0 Å². The molecule has 0 aliphatic carbocycles. The van der Waals surface area contributed by atoms with Gasteiger partial charge in [-0.15, -0.1) is 0 Å². The van der Waals surface area contributed by atoms with Crippen LogP contribution in [0.25, 0.3) is 0 Å². The molecular weight excluding hydrogens is 240 g/mol. The van der Waals surface area contributed by atoms with Crippen molar-refractivity contribution in [3.05, 3.63) is 0 Å². The Morgan fingerprint density at radius 3 is 2.29 bits per heavy atom. The maximum atomic E-state index is 11.9. The number of hydrogen-bond acceptors (Lipinski definition) is 4. The van der Waals surface area contributed by atoms with Gasteiger partial charge in [-0.25, -0.2) is 0 Å². The molecular formula is C11H22N2O3S. The smallest absolute Gasteiger partial charge is 0.321 e. The SMILES string of the molecule is CN1CCN(CCS(=O)C(C)(C)C(=O)O)CC1. The Morgan fingerprint density at radius 2 is 1.82 bits per heavy atom. The first-order chi connectivity index (χ1) is 7.84. The van der Waals surface area contributed by atoms with E-state index in [9.17, 15) is 9.00 Å². The van der Waals surface area contributed by atoms with Crippen molar-refractivity contribution in [2.45, 2.75) is 18.6 Å². The van der Waals surface area contributed by atoms with Crippen molar-refractivity contribution >= 4 is 16.8 Å². The molecule has 100 valence electrons. The Morgan fingerprint density at radius 1 is 1.29 bits per heavy atom. The maximum Gasteiger partial charge on any atom is 0.321 e. The summed E-state index contributed by atoms with van der Waals surface area (Å²) in [6, 6.07) is 0. The molecule has 0 amide bonds. The molecule has 0 spiro atoms. The minimum absolute atomic E-state index is 0.434. The van der Waals surface area contributed by atoms with Crippen LogP contribution in [0.1, 0.15) is 13.8 Å². The van der Waals surface area contributed by atoms with Crippen LogP contribution in [0.2, 0.25) is 0 Å². The Bertz CT molecular complexity index is 299. The lowest BCUT2D eigenvalue weighted by molar-refractivity contribution is -0.139. The number of rotatable bonds is 5. The van der Waals surface area contributed by atoms with Gasteiger partial charge in [-0.3, -0.25) is 13.9 Å². The highest BCUT2D eigenvalue weighted by molar-refractivity contribution is 7.87. The number of carbonyl (C=O) groups is 1. The van der Waals surface area contributed by atoms with E-state index in [0.717, 1.165) is 32.7 Å². The quantitative estimate of drug-likeness (QED) is 0.746. The predicted octanol–water partition coefficient (Wildman–Crippen LogP) is -0.154. The fraction of sp³-hybridized carbons (Fsp3) is 0.909. The van der Waals surface area contributed by atoms with Crippen molar-refractivity contribution in [1.82, 2.24) is 9.80 Å². The Hall–Kier alpha value is -0.460. The normalized spacial score (nSPS) is 21.4. The second-order valence-corrected chi connectivity index (χ2v) is 7.13. The minimum Gasteiger partial charge on any atom is -0.480 e. The summed E-state index contributed by atoms with van der Waals surface area (Å²) in [4.78, 5) is 15.4. The van der Waals surface area contributed by atoms with Crippen LogP contribution in [0.15, 0.2) is 0 Å². The monoisotopic (exact) mass is 262 g/mol. The highest BCUT2D eigenvalue weighted by Gasteiger charge is 2.34. The van der Waals surface area contributed by atoms with Crippen LogP contribution in [0, 0.1) is 0 Å². The molecule has 0 aromatic carbocycles. The minimum atomic E-state index is -1.33. The summed E-state index contributed by atoms with van der Waals surface area (Å²) >= 11 is 0. The van der Waals surface area contributed by atoms with Gasteiger partial charge in [0.15, 0.2) is 0 Å². The Labute approximate surface area is 105 Å². The number of nitrogens with zero attached hydrogens (tertiary/aromatic N) is 2. The second kappa shape index (κ2) is 5.93. The van der Waals surface area contributed by atoms with Gasteiger partial charge in [0.1, 0.15) is 4.75 Å². The molecule has 1 saturated heterocycles. The van der Waals surface area contributed by atoms with Gasteiger partial charge < -0.3 is 10.0 Å². The zero-order chi connectivity index (χ0) is 13.1. The number of piperazine rings is 1. The number of carboxylic acids is 1. The topological polar surface area (TPSA) is 60.9 Å². The molecule has 0 aromatic heterocycles. The van der Waals surface area contributed by atoms with Crippen LogP contribution in [0.3, 0.4) is 0 Å². The highest BCUT2D eigenvalue weighted by atomic mass is 32.2. The molecule has 1 rings (SSSR count). The fourth-order valence-electron chi connectivity index (χ4n) is 1.64. The van der Waals surface area contributed by atoms with Gasteiger partial charge in [0, 0.05) is 49.3 Å². The molecule has 1 aliphatic rings. The van der Waals surface area contributed by atoms with Crippen molar-refractivity contribution < 1.29 is 14.1 Å². The third-order valence-electron chi connectivity index (χ3n) is 3.27. The molecule has 1 aliphatic heterocycles. The zero-order valence-electron chi connectivity index (χ0n) is 10.8. The van der Waals surface area contributed by atoms with Gasteiger partial charge in [-0.2, -0.15) is 0 Å². The molecule has 1 atom stereocenters. The van der Waals surface area contributed by atoms with E-state index < -0.39 is 21.5 Å². The van der Waals surface area contributed by atoms with Crippen molar-refractivity contribution in [2.75, 3.05) is 45.5 Å². The zero-order valence-corrected chi connectivity index (χ0v) is 11.6. The largest absolute Gasteiger partial charge is 0.480 e. The molecule has 6 heteroatoms. The summed E-state index contributed by atoms with van der Waals surface area (Å²) in [5.41, 5.74) is 0. The van der Waals surface area contributed by atoms with Gasteiger partial charge in [0.2, 0.25) is 0 Å². The molecule has 5 nitrogen and oxygen atoms in total. The number of hydrogen-bond donors (Lipinski definition) is 1. The highest BCUT2D eigenvalue weighted by Crippen LogP contribution is 2.13.